The minimum absolute atomic E-state index is 0.112. The van der Waals surface area contributed by atoms with Crippen LogP contribution in [0.15, 0.2) is 0 Å². The van der Waals surface area contributed by atoms with Gasteiger partial charge in [0, 0.05) is 18.1 Å². The molecular formula is C12H23N3O2S. The van der Waals surface area contributed by atoms with Crippen LogP contribution in [0.2, 0.25) is 0 Å². The summed E-state index contributed by atoms with van der Waals surface area (Å²) in [6.07, 6.45) is 1.08. The quantitative estimate of drug-likeness (QED) is 0.738. The monoisotopic (exact) mass is 273 g/mol. The van der Waals surface area contributed by atoms with E-state index in [1.165, 1.54) is 11.5 Å². The van der Waals surface area contributed by atoms with Gasteiger partial charge in [0.25, 0.3) is 0 Å². The first-order chi connectivity index (χ1) is 8.53. The largest absolute Gasteiger partial charge is 0.374 e. The van der Waals surface area contributed by atoms with Gasteiger partial charge in [0.1, 0.15) is 10.7 Å². The van der Waals surface area contributed by atoms with Gasteiger partial charge in [0.15, 0.2) is 0 Å². The fourth-order valence-electron chi connectivity index (χ4n) is 1.25. The van der Waals surface area contributed by atoms with Crippen molar-refractivity contribution in [2.24, 2.45) is 0 Å². The van der Waals surface area contributed by atoms with Crippen LogP contribution in [0.1, 0.15) is 39.8 Å². The lowest BCUT2D eigenvalue weighted by Gasteiger charge is -2.19. The number of nitrogens with zero attached hydrogens (tertiary/aromatic N) is 2. The van der Waals surface area contributed by atoms with Crippen LogP contribution in [0.4, 0.5) is 5.00 Å². The zero-order chi connectivity index (χ0) is 13.4. The molecule has 1 heterocycles. The third-order valence-electron chi connectivity index (χ3n) is 2.09. The number of hydrogen-bond donors (Lipinski definition) is 1. The molecule has 104 valence electrons. The molecule has 0 saturated carbocycles. The van der Waals surface area contributed by atoms with Gasteiger partial charge in [0.2, 0.25) is 0 Å². The van der Waals surface area contributed by atoms with Crippen molar-refractivity contribution >= 4 is 16.5 Å². The number of aromatic nitrogens is 2. The molecule has 0 fully saturated rings. The van der Waals surface area contributed by atoms with Gasteiger partial charge < -0.3 is 14.8 Å². The molecule has 0 saturated heterocycles. The van der Waals surface area contributed by atoms with Crippen molar-refractivity contribution in [3.63, 3.8) is 0 Å². The molecule has 0 aliphatic rings. The number of rotatable bonds is 8. The van der Waals surface area contributed by atoms with Crippen molar-refractivity contribution < 1.29 is 9.47 Å². The van der Waals surface area contributed by atoms with Gasteiger partial charge in [0.05, 0.1) is 25.4 Å². The Morgan fingerprint density at radius 3 is 2.72 bits per heavy atom. The molecule has 0 atom stereocenters. The molecule has 6 heteroatoms. The molecule has 0 aliphatic carbocycles. The summed E-state index contributed by atoms with van der Waals surface area (Å²) in [4.78, 5) is 0. The fraction of sp³-hybridized carbons (Fsp3) is 0.833. The van der Waals surface area contributed by atoms with Crippen LogP contribution in [0.5, 0.6) is 0 Å². The van der Waals surface area contributed by atoms with Crippen LogP contribution in [0.25, 0.3) is 0 Å². The van der Waals surface area contributed by atoms with E-state index in [2.05, 4.69) is 21.8 Å². The summed E-state index contributed by atoms with van der Waals surface area (Å²) < 4.78 is 15.0. The Labute approximate surface area is 113 Å². The Balaban J connectivity index is 2.21. The molecule has 5 nitrogen and oxygen atoms in total. The maximum atomic E-state index is 5.57. The topological polar surface area (TPSA) is 56.3 Å². The van der Waals surface area contributed by atoms with Crippen LogP contribution in [-0.4, -0.2) is 34.9 Å². The third kappa shape index (κ3) is 6.28. The van der Waals surface area contributed by atoms with Crippen LogP contribution < -0.4 is 5.32 Å². The predicted molar refractivity (Wildman–Crippen MR) is 74.1 cm³/mol. The first kappa shape index (κ1) is 15.3. The number of hydrogen-bond acceptors (Lipinski definition) is 6. The maximum absolute atomic E-state index is 5.57. The molecule has 0 spiro atoms. The molecule has 1 aromatic rings. The molecule has 1 N–H and O–H groups in total. The van der Waals surface area contributed by atoms with Crippen LogP contribution in [-0.2, 0) is 16.1 Å². The Morgan fingerprint density at radius 2 is 2.06 bits per heavy atom. The molecule has 0 aromatic carbocycles. The second kappa shape index (κ2) is 7.66. The highest BCUT2D eigenvalue weighted by atomic mass is 32.1. The van der Waals surface area contributed by atoms with E-state index < -0.39 is 0 Å². The van der Waals surface area contributed by atoms with E-state index >= 15 is 0 Å². The first-order valence-electron chi connectivity index (χ1n) is 6.29. The summed E-state index contributed by atoms with van der Waals surface area (Å²) in [5.74, 6) is 0. The molecule has 1 aromatic heterocycles. The zero-order valence-corrected chi connectivity index (χ0v) is 12.5. The second-order valence-corrected chi connectivity index (χ2v) is 5.74. The van der Waals surface area contributed by atoms with Crippen LogP contribution >= 0.6 is 11.5 Å². The third-order valence-corrected chi connectivity index (χ3v) is 2.82. The summed E-state index contributed by atoms with van der Waals surface area (Å²) in [5.41, 5.74) is 0.767. The van der Waals surface area contributed by atoms with Crippen molar-refractivity contribution in [1.82, 2.24) is 9.59 Å². The highest BCUT2D eigenvalue weighted by molar-refractivity contribution is 7.10. The van der Waals surface area contributed by atoms with Gasteiger partial charge >= 0.3 is 0 Å². The standard InChI is InChI=1S/C12H23N3O2S/c1-5-6-13-11-10(14-15-18-11)9-16-7-8-17-12(2,3)4/h13H,5-9H2,1-4H3. The van der Waals surface area contributed by atoms with Gasteiger partial charge in [-0.15, -0.1) is 5.10 Å². The van der Waals surface area contributed by atoms with Crippen molar-refractivity contribution in [2.75, 3.05) is 25.1 Å². The molecule has 1 rings (SSSR count). The van der Waals surface area contributed by atoms with Crippen molar-refractivity contribution in [1.29, 1.82) is 0 Å². The van der Waals surface area contributed by atoms with E-state index in [1.807, 2.05) is 20.8 Å². The summed E-state index contributed by atoms with van der Waals surface area (Å²) in [7, 11) is 0. The zero-order valence-electron chi connectivity index (χ0n) is 11.7. The Kier molecular flexibility index (Phi) is 6.52. The molecule has 0 radical (unpaired) electrons. The Morgan fingerprint density at radius 1 is 1.28 bits per heavy atom. The minimum atomic E-state index is -0.112. The van der Waals surface area contributed by atoms with Gasteiger partial charge in [-0.05, 0) is 27.2 Å². The summed E-state index contributed by atoms with van der Waals surface area (Å²) >= 11 is 1.37. The summed E-state index contributed by atoms with van der Waals surface area (Å²) in [5, 5.41) is 8.35. The fourth-order valence-corrected chi connectivity index (χ4v) is 1.84. The second-order valence-electron chi connectivity index (χ2n) is 4.99. The summed E-state index contributed by atoms with van der Waals surface area (Å²) in [6.45, 7) is 10.8. The number of anilines is 1. The van der Waals surface area contributed by atoms with Crippen molar-refractivity contribution in [2.45, 2.75) is 46.3 Å². The van der Waals surface area contributed by atoms with Gasteiger partial charge in [-0.25, -0.2) is 0 Å². The number of ether oxygens (including phenoxy) is 2. The lowest BCUT2D eigenvalue weighted by molar-refractivity contribution is -0.0379. The van der Waals surface area contributed by atoms with Gasteiger partial charge in [-0.1, -0.05) is 11.4 Å². The first-order valence-corrected chi connectivity index (χ1v) is 7.07. The average Bonchev–Trinajstić information content (AvgIpc) is 2.72. The van der Waals surface area contributed by atoms with Crippen molar-refractivity contribution in [3.8, 4) is 0 Å². The molecule has 0 aliphatic heterocycles. The van der Waals surface area contributed by atoms with Crippen LogP contribution in [0.3, 0.4) is 0 Å². The maximum Gasteiger partial charge on any atom is 0.135 e. The van der Waals surface area contributed by atoms with E-state index in [-0.39, 0.29) is 5.60 Å². The van der Waals surface area contributed by atoms with E-state index in [1.54, 1.807) is 0 Å². The average molecular weight is 273 g/mol. The SMILES string of the molecule is CCCNc1snnc1COCCOC(C)(C)C. The van der Waals surface area contributed by atoms with Crippen molar-refractivity contribution in [3.05, 3.63) is 5.69 Å². The molecular weight excluding hydrogens is 250 g/mol. The summed E-state index contributed by atoms with van der Waals surface area (Å²) in [6, 6.07) is 0. The molecule has 18 heavy (non-hydrogen) atoms. The van der Waals surface area contributed by atoms with E-state index in [9.17, 15) is 0 Å². The van der Waals surface area contributed by atoms with E-state index in [0.29, 0.717) is 19.8 Å². The lowest BCUT2D eigenvalue weighted by Crippen LogP contribution is -2.21. The predicted octanol–water partition coefficient (Wildman–Crippen LogP) is 2.69. The highest BCUT2D eigenvalue weighted by Gasteiger charge is 2.10. The highest BCUT2D eigenvalue weighted by Crippen LogP contribution is 2.18. The van der Waals surface area contributed by atoms with Crippen LogP contribution in [0, 0.1) is 0 Å². The Hall–Kier alpha value is -0.720. The van der Waals surface area contributed by atoms with Gasteiger partial charge in [-0.3, -0.25) is 0 Å². The minimum Gasteiger partial charge on any atom is -0.374 e. The Bertz CT molecular complexity index is 336. The lowest BCUT2D eigenvalue weighted by atomic mass is 10.2. The normalized spacial score (nSPS) is 11.8. The smallest absolute Gasteiger partial charge is 0.135 e. The van der Waals surface area contributed by atoms with E-state index in [4.69, 9.17) is 9.47 Å². The number of nitrogens with one attached hydrogen (secondary N) is 1. The van der Waals surface area contributed by atoms with E-state index in [0.717, 1.165) is 23.7 Å². The molecule has 0 amide bonds. The molecule has 0 bridgehead atoms. The van der Waals surface area contributed by atoms with Gasteiger partial charge in [-0.2, -0.15) is 0 Å². The molecule has 0 unspecified atom stereocenters.